The van der Waals surface area contributed by atoms with Gasteiger partial charge in [0.25, 0.3) is 0 Å². The van der Waals surface area contributed by atoms with E-state index in [1.165, 1.54) is 0 Å². The lowest BCUT2D eigenvalue weighted by Gasteiger charge is -2.17. The van der Waals surface area contributed by atoms with Crippen molar-refractivity contribution in [2.24, 2.45) is 16.3 Å². The number of benzene rings is 1. The van der Waals surface area contributed by atoms with E-state index in [1.54, 1.807) is 12.1 Å². The Morgan fingerprint density at radius 3 is 2.37 bits per heavy atom. The minimum atomic E-state index is 0.0304. The van der Waals surface area contributed by atoms with Crippen LogP contribution in [0.3, 0.4) is 0 Å². The third-order valence-electron chi connectivity index (χ3n) is 3.29. The van der Waals surface area contributed by atoms with E-state index in [1.807, 2.05) is 0 Å². The zero-order valence-corrected chi connectivity index (χ0v) is 12.4. The Bertz CT molecular complexity index is 492. The third-order valence-corrected chi connectivity index (χ3v) is 4.10. The molecule has 0 aromatic heterocycles. The fourth-order valence-corrected chi connectivity index (χ4v) is 2.95. The number of anilines is 1. The maximum atomic E-state index is 8.62. The van der Waals surface area contributed by atoms with Crippen molar-refractivity contribution in [2.75, 3.05) is 11.9 Å². The minimum absolute atomic E-state index is 0.0304. The van der Waals surface area contributed by atoms with E-state index in [0.29, 0.717) is 33.7 Å². The maximum Gasteiger partial charge on any atom is 0.139 e. The second-order valence-corrected chi connectivity index (χ2v) is 6.12. The number of hydrogen-bond donors (Lipinski definition) is 3. The van der Waals surface area contributed by atoms with E-state index >= 15 is 0 Å². The molecular weight excluding hydrogens is 309 g/mol. The van der Waals surface area contributed by atoms with Crippen LogP contribution in [-0.4, -0.2) is 17.6 Å². The largest absolute Gasteiger partial charge is 0.409 e. The first kappa shape index (κ1) is 14.6. The first-order valence-electron chi connectivity index (χ1n) is 5.81. The van der Waals surface area contributed by atoms with Crippen LogP contribution >= 0.6 is 34.8 Å². The van der Waals surface area contributed by atoms with E-state index in [4.69, 9.17) is 45.7 Å². The van der Waals surface area contributed by atoms with Crippen LogP contribution in [0, 0.1) is 5.41 Å². The molecular formula is C12H14Cl3N3O. The van der Waals surface area contributed by atoms with Crippen LogP contribution in [0.25, 0.3) is 0 Å². The fraction of sp³-hybridized carbons (Fsp3) is 0.417. The molecule has 0 unspecified atom stereocenters. The van der Waals surface area contributed by atoms with Crippen LogP contribution in [0.4, 0.5) is 5.69 Å². The summed E-state index contributed by atoms with van der Waals surface area (Å²) >= 11 is 18.1. The first-order valence-corrected chi connectivity index (χ1v) is 6.94. The highest BCUT2D eigenvalue weighted by atomic mass is 35.5. The van der Waals surface area contributed by atoms with Crippen molar-refractivity contribution in [1.29, 1.82) is 0 Å². The van der Waals surface area contributed by atoms with Crippen LogP contribution in [0.2, 0.25) is 15.1 Å². The topological polar surface area (TPSA) is 70.6 Å². The van der Waals surface area contributed by atoms with Crippen LogP contribution in [0.15, 0.2) is 17.3 Å². The molecule has 0 atom stereocenters. The summed E-state index contributed by atoms with van der Waals surface area (Å²) in [6.45, 7) is 0.671. The number of rotatable bonds is 5. The number of oxime groups is 1. The van der Waals surface area contributed by atoms with Crippen LogP contribution in [0.1, 0.15) is 19.3 Å². The Kier molecular flexibility index (Phi) is 4.33. The van der Waals surface area contributed by atoms with Crippen molar-refractivity contribution < 1.29 is 5.21 Å². The van der Waals surface area contributed by atoms with Gasteiger partial charge in [0.1, 0.15) is 5.84 Å². The number of nitrogens with zero attached hydrogens (tertiary/aromatic N) is 1. The molecule has 0 spiro atoms. The summed E-state index contributed by atoms with van der Waals surface area (Å²) in [4.78, 5) is 0. The molecule has 1 saturated carbocycles. The number of nitrogens with one attached hydrogen (secondary N) is 1. The van der Waals surface area contributed by atoms with Gasteiger partial charge in [0.05, 0.1) is 15.7 Å². The number of nitrogens with two attached hydrogens (primary N) is 1. The van der Waals surface area contributed by atoms with Gasteiger partial charge < -0.3 is 16.3 Å². The molecule has 1 aromatic rings. The second-order valence-electron chi connectivity index (χ2n) is 4.87. The highest BCUT2D eigenvalue weighted by molar-refractivity contribution is 6.41. The Morgan fingerprint density at radius 1 is 1.32 bits per heavy atom. The molecule has 0 amide bonds. The number of hydrogen-bond acceptors (Lipinski definition) is 3. The molecule has 0 bridgehead atoms. The predicted octanol–water partition coefficient (Wildman–Crippen LogP) is 3.98. The van der Waals surface area contributed by atoms with E-state index in [9.17, 15) is 0 Å². The van der Waals surface area contributed by atoms with Gasteiger partial charge in [0.2, 0.25) is 0 Å². The van der Waals surface area contributed by atoms with Gasteiger partial charge in [-0.05, 0) is 30.4 Å². The van der Waals surface area contributed by atoms with Crippen molar-refractivity contribution in [1.82, 2.24) is 0 Å². The van der Waals surface area contributed by atoms with Gasteiger partial charge in [-0.25, -0.2) is 0 Å². The summed E-state index contributed by atoms with van der Waals surface area (Å²) in [6, 6.07) is 3.28. The van der Waals surface area contributed by atoms with Gasteiger partial charge in [-0.1, -0.05) is 40.0 Å². The fourth-order valence-electron chi connectivity index (χ4n) is 2.00. The summed E-state index contributed by atoms with van der Waals surface area (Å²) < 4.78 is 0. The number of halogens is 3. The van der Waals surface area contributed by atoms with Gasteiger partial charge in [0, 0.05) is 18.0 Å². The normalized spacial score (nSPS) is 17.3. The molecule has 4 N–H and O–H groups in total. The molecule has 1 fully saturated rings. The predicted molar refractivity (Wildman–Crippen MR) is 79.7 cm³/mol. The van der Waals surface area contributed by atoms with Gasteiger partial charge in [-0.2, -0.15) is 0 Å². The van der Waals surface area contributed by atoms with Crippen LogP contribution in [0.5, 0.6) is 0 Å². The smallest absolute Gasteiger partial charge is 0.139 e. The van der Waals surface area contributed by atoms with E-state index in [2.05, 4.69) is 10.5 Å². The van der Waals surface area contributed by atoms with E-state index < -0.39 is 0 Å². The molecule has 0 radical (unpaired) electrons. The molecule has 4 nitrogen and oxygen atoms in total. The van der Waals surface area contributed by atoms with Crippen molar-refractivity contribution in [2.45, 2.75) is 19.3 Å². The standard InChI is InChI=1S/C12H14Cl3N3O/c13-7-3-8(14)11(9(15)4-7)17-6-12(1-2-12)5-10(16)18-19/h3-4,17,19H,1-2,5-6H2,(H2,16,18). The van der Waals surface area contributed by atoms with Crippen molar-refractivity contribution >= 4 is 46.3 Å². The highest BCUT2D eigenvalue weighted by Gasteiger charge is 2.43. The average molecular weight is 323 g/mol. The summed E-state index contributed by atoms with van der Waals surface area (Å²) in [6.07, 6.45) is 2.61. The third kappa shape index (κ3) is 3.59. The van der Waals surface area contributed by atoms with Gasteiger partial charge in [-0.3, -0.25) is 0 Å². The highest BCUT2D eigenvalue weighted by Crippen LogP contribution is 2.49. The van der Waals surface area contributed by atoms with Crippen LogP contribution < -0.4 is 11.1 Å². The average Bonchev–Trinajstić information content (AvgIpc) is 3.07. The van der Waals surface area contributed by atoms with E-state index in [0.717, 1.165) is 12.8 Å². The molecule has 1 aliphatic carbocycles. The lowest BCUT2D eigenvalue weighted by molar-refractivity contribution is 0.315. The Balaban J connectivity index is 2.04. The molecule has 2 rings (SSSR count). The molecule has 0 aliphatic heterocycles. The first-order chi connectivity index (χ1) is 8.96. The van der Waals surface area contributed by atoms with Crippen molar-refractivity contribution in [3.63, 3.8) is 0 Å². The maximum absolute atomic E-state index is 8.62. The number of amidine groups is 1. The molecule has 1 aromatic carbocycles. The Morgan fingerprint density at radius 2 is 1.89 bits per heavy atom. The molecule has 104 valence electrons. The quantitative estimate of drug-likeness (QED) is 0.332. The van der Waals surface area contributed by atoms with Crippen molar-refractivity contribution in [3.05, 3.63) is 27.2 Å². The van der Waals surface area contributed by atoms with Crippen molar-refractivity contribution in [3.8, 4) is 0 Å². The zero-order valence-electron chi connectivity index (χ0n) is 10.1. The summed E-state index contributed by atoms with van der Waals surface area (Å²) in [5, 5.41) is 16.3. The van der Waals surface area contributed by atoms with Gasteiger partial charge in [-0.15, -0.1) is 0 Å². The van der Waals surface area contributed by atoms with Crippen LogP contribution in [-0.2, 0) is 0 Å². The summed E-state index contributed by atoms with van der Waals surface area (Å²) in [5.74, 6) is 0.243. The lowest BCUT2D eigenvalue weighted by atomic mass is 10.0. The van der Waals surface area contributed by atoms with E-state index in [-0.39, 0.29) is 11.3 Å². The second kappa shape index (κ2) is 5.65. The lowest BCUT2D eigenvalue weighted by Crippen LogP contribution is -2.23. The summed E-state index contributed by atoms with van der Waals surface area (Å²) in [5.41, 5.74) is 6.25. The molecule has 19 heavy (non-hydrogen) atoms. The minimum Gasteiger partial charge on any atom is -0.409 e. The summed E-state index contributed by atoms with van der Waals surface area (Å²) in [7, 11) is 0. The molecule has 1 aliphatic rings. The monoisotopic (exact) mass is 321 g/mol. The molecule has 7 heteroatoms. The Labute approximate surface area is 126 Å². The Hall–Kier alpha value is -0.840. The zero-order chi connectivity index (χ0) is 14.0. The van der Waals surface area contributed by atoms with Gasteiger partial charge in [0.15, 0.2) is 0 Å². The molecule has 0 saturated heterocycles. The SMILES string of the molecule is NC(CC1(CNc2c(Cl)cc(Cl)cc2Cl)CC1)=NO. The molecule has 0 heterocycles. The van der Waals surface area contributed by atoms with Gasteiger partial charge >= 0.3 is 0 Å².